The molecule has 1 N–H and O–H groups in total. The number of thiophene rings is 1. The van der Waals surface area contributed by atoms with Crippen LogP contribution < -0.4 is 0 Å². The van der Waals surface area contributed by atoms with Crippen LogP contribution in [0.2, 0.25) is 0 Å². The van der Waals surface area contributed by atoms with Crippen molar-refractivity contribution in [2.75, 3.05) is 26.2 Å². The Hall–Kier alpha value is -2.97. The van der Waals surface area contributed by atoms with Crippen molar-refractivity contribution in [3.05, 3.63) is 106 Å². The highest BCUT2D eigenvalue weighted by Gasteiger charge is 2.32. The minimum atomic E-state index is -0.504. The van der Waals surface area contributed by atoms with Gasteiger partial charge in [-0.15, -0.1) is 0 Å². The van der Waals surface area contributed by atoms with Gasteiger partial charge in [0.15, 0.2) is 5.76 Å². The van der Waals surface area contributed by atoms with Crippen molar-refractivity contribution in [1.29, 1.82) is 0 Å². The number of piperazine rings is 1. The first-order chi connectivity index (χ1) is 17.7. The van der Waals surface area contributed by atoms with E-state index in [1.54, 1.807) is 11.3 Å². The summed E-state index contributed by atoms with van der Waals surface area (Å²) in [6, 6.07) is 20.2. The van der Waals surface area contributed by atoms with E-state index in [2.05, 4.69) is 46.0 Å². The van der Waals surface area contributed by atoms with Gasteiger partial charge in [0.05, 0.1) is 13.2 Å². The van der Waals surface area contributed by atoms with Crippen LogP contribution in [-0.4, -0.2) is 53.3 Å². The first kappa shape index (κ1) is 24.7. The highest BCUT2D eigenvalue weighted by atomic mass is 32.1. The Balaban J connectivity index is 1.22. The molecule has 3 heterocycles. The largest absolute Gasteiger partial charge is 0.459 e. The van der Waals surface area contributed by atoms with E-state index in [0.717, 1.165) is 30.8 Å². The Bertz CT molecular complexity index is 1140. The molecule has 0 aliphatic carbocycles. The molecule has 2 atom stereocenters. The van der Waals surface area contributed by atoms with Gasteiger partial charge in [0.2, 0.25) is 6.29 Å². The van der Waals surface area contributed by atoms with Crippen molar-refractivity contribution >= 4 is 17.2 Å². The normalized spacial score (nSPS) is 20.6. The molecular weight excluding hydrogens is 472 g/mol. The van der Waals surface area contributed by atoms with Crippen molar-refractivity contribution in [2.24, 2.45) is 0 Å². The summed E-state index contributed by atoms with van der Waals surface area (Å²) >= 11 is 1.65. The molecule has 7 heteroatoms. The number of hydrogen-bond donors (Lipinski definition) is 1. The fourth-order valence-corrected chi connectivity index (χ4v) is 5.39. The lowest BCUT2D eigenvalue weighted by molar-refractivity contribution is -0.157. The van der Waals surface area contributed by atoms with Gasteiger partial charge in [-0.05, 0) is 45.2 Å². The second kappa shape index (κ2) is 11.8. The molecule has 1 amide bonds. The minimum Gasteiger partial charge on any atom is -0.459 e. The number of carbonyl (C=O) groups is 1. The summed E-state index contributed by atoms with van der Waals surface area (Å²) in [5.74, 6) is 0.398. The summed E-state index contributed by atoms with van der Waals surface area (Å²) in [5, 5.41) is 13.4. The summed E-state index contributed by atoms with van der Waals surface area (Å²) in [6.45, 7) is 4.34. The van der Waals surface area contributed by atoms with Gasteiger partial charge < -0.3 is 19.5 Å². The molecule has 2 aliphatic heterocycles. The van der Waals surface area contributed by atoms with Crippen LogP contribution in [0.1, 0.15) is 34.6 Å². The highest BCUT2D eigenvalue weighted by molar-refractivity contribution is 7.08. The third kappa shape index (κ3) is 6.23. The topological polar surface area (TPSA) is 62.2 Å². The van der Waals surface area contributed by atoms with Gasteiger partial charge in [0.25, 0.3) is 5.91 Å². The van der Waals surface area contributed by atoms with E-state index < -0.39 is 6.29 Å². The zero-order valence-corrected chi connectivity index (χ0v) is 21.1. The summed E-state index contributed by atoms with van der Waals surface area (Å²) in [6.07, 6.45) is 2.12. The average molecular weight is 505 g/mol. The summed E-state index contributed by atoms with van der Waals surface area (Å²) < 4.78 is 12.2. The maximum atomic E-state index is 13.5. The number of rotatable bonds is 8. The van der Waals surface area contributed by atoms with E-state index in [1.807, 2.05) is 41.3 Å². The average Bonchev–Trinajstić information content (AvgIpc) is 3.48. The lowest BCUT2D eigenvalue weighted by atomic mass is 9.95. The molecule has 1 aromatic heterocycles. The Morgan fingerprint density at radius 3 is 2.42 bits per heavy atom. The predicted octanol–water partition coefficient (Wildman–Crippen LogP) is 4.52. The molecular formula is C29H32N2O4S. The quantitative estimate of drug-likeness (QED) is 0.489. The number of carbonyl (C=O) groups excluding carboxylic acids is 1. The fourth-order valence-electron chi connectivity index (χ4n) is 4.67. The molecule has 36 heavy (non-hydrogen) atoms. The van der Waals surface area contributed by atoms with Gasteiger partial charge in [-0.2, -0.15) is 11.3 Å². The number of benzene rings is 2. The zero-order valence-electron chi connectivity index (χ0n) is 20.3. The molecule has 2 aromatic carbocycles. The van der Waals surface area contributed by atoms with E-state index in [9.17, 15) is 9.90 Å². The van der Waals surface area contributed by atoms with Crippen LogP contribution in [0, 0.1) is 0 Å². The van der Waals surface area contributed by atoms with Gasteiger partial charge in [0.1, 0.15) is 0 Å². The predicted molar refractivity (Wildman–Crippen MR) is 140 cm³/mol. The number of hydrogen-bond acceptors (Lipinski definition) is 6. The first-order valence-corrected chi connectivity index (χ1v) is 13.4. The Morgan fingerprint density at radius 2 is 1.72 bits per heavy atom. The molecule has 0 spiro atoms. The fraction of sp³-hybridized carbons (Fsp3) is 0.345. The third-order valence-electron chi connectivity index (χ3n) is 6.79. The number of nitrogens with zero attached hydrogens (tertiary/aromatic N) is 2. The second-order valence-corrected chi connectivity index (χ2v) is 10.1. The molecule has 6 nitrogen and oxygen atoms in total. The second-order valence-electron chi connectivity index (χ2n) is 9.32. The summed E-state index contributed by atoms with van der Waals surface area (Å²) in [7, 11) is 0. The van der Waals surface area contributed by atoms with Crippen molar-refractivity contribution in [2.45, 2.75) is 38.4 Å². The molecule has 0 saturated carbocycles. The zero-order chi connectivity index (χ0) is 24.7. The molecule has 1 saturated heterocycles. The molecule has 2 aliphatic rings. The Kier molecular flexibility index (Phi) is 8.13. The number of allylic oxidation sites excluding steroid dienone is 1. The first-order valence-electron chi connectivity index (χ1n) is 12.4. The van der Waals surface area contributed by atoms with E-state index >= 15 is 0 Å². The minimum absolute atomic E-state index is 0.0198. The van der Waals surface area contributed by atoms with E-state index in [-0.39, 0.29) is 18.4 Å². The van der Waals surface area contributed by atoms with Crippen molar-refractivity contribution in [3.63, 3.8) is 0 Å². The third-order valence-corrected chi connectivity index (χ3v) is 7.49. The van der Waals surface area contributed by atoms with Crippen LogP contribution in [0.5, 0.6) is 0 Å². The molecule has 3 aromatic rings. The Morgan fingerprint density at radius 1 is 0.972 bits per heavy atom. The van der Waals surface area contributed by atoms with Crippen molar-refractivity contribution in [1.82, 2.24) is 9.80 Å². The van der Waals surface area contributed by atoms with Crippen LogP contribution in [0.15, 0.2) is 83.3 Å². The number of ether oxygens (including phenoxy) is 2. The van der Waals surface area contributed by atoms with E-state index in [4.69, 9.17) is 9.47 Å². The van der Waals surface area contributed by atoms with Gasteiger partial charge in [-0.25, -0.2) is 0 Å². The van der Waals surface area contributed by atoms with Gasteiger partial charge in [-0.1, -0.05) is 54.6 Å². The van der Waals surface area contributed by atoms with E-state index in [0.29, 0.717) is 31.9 Å². The molecule has 0 bridgehead atoms. The summed E-state index contributed by atoms with van der Waals surface area (Å²) in [5.41, 5.74) is 4.34. The monoisotopic (exact) mass is 504 g/mol. The van der Waals surface area contributed by atoms with Crippen molar-refractivity contribution in [3.8, 4) is 0 Å². The number of amides is 1. The smallest absolute Gasteiger partial charge is 0.288 e. The van der Waals surface area contributed by atoms with E-state index in [1.165, 1.54) is 11.1 Å². The molecule has 0 unspecified atom stereocenters. The molecule has 188 valence electrons. The molecule has 1 fully saturated rings. The van der Waals surface area contributed by atoms with Crippen LogP contribution >= 0.6 is 11.3 Å². The van der Waals surface area contributed by atoms with Gasteiger partial charge in [0, 0.05) is 45.1 Å². The van der Waals surface area contributed by atoms with Crippen molar-refractivity contribution < 1.29 is 19.4 Å². The number of aliphatic hydroxyl groups excluding tert-OH is 1. The molecule has 5 rings (SSSR count). The van der Waals surface area contributed by atoms with Crippen LogP contribution in [0.25, 0.3) is 0 Å². The SMILES string of the molecule is O=C(C1=C[C@@H](c2ccsc2)C[C@@H](OCc2ccc(CO)cc2)O1)N1CCN(Cc2ccccc2)CC1. The summed E-state index contributed by atoms with van der Waals surface area (Å²) in [4.78, 5) is 17.7. The van der Waals surface area contributed by atoms with Gasteiger partial charge in [-0.3, -0.25) is 9.69 Å². The maximum Gasteiger partial charge on any atom is 0.288 e. The highest BCUT2D eigenvalue weighted by Crippen LogP contribution is 2.33. The van der Waals surface area contributed by atoms with Crippen LogP contribution in [-0.2, 0) is 34.0 Å². The molecule has 0 radical (unpaired) electrons. The van der Waals surface area contributed by atoms with Gasteiger partial charge >= 0.3 is 0 Å². The lowest BCUT2D eigenvalue weighted by Gasteiger charge is -2.36. The Labute approximate surface area is 216 Å². The van der Waals surface area contributed by atoms with Crippen LogP contribution in [0.4, 0.5) is 0 Å². The number of aliphatic hydroxyl groups is 1. The lowest BCUT2D eigenvalue weighted by Crippen LogP contribution is -2.49. The standard InChI is InChI=1S/C29H32N2O4S/c32-19-23-6-8-24(9-7-23)20-34-28-17-26(25-10-15-36-21-25)16-27(35-28)29(33)31-13-11-30(12-14-31)18-22-4-2-1-3-5-22/h1-10,15-16,21,26,28,32H,11-14,17-20H2/t26-,28+/m1/s1. The maximum absolute atomic E-state index is 13.5. The van der Waals surface area contributed by atoms with Crippen LogP contribution in [0.3, 0.4) is 0 Å².